The van der Waals surface area contributed by atoms with Crippen LogP contribution in [0.3, 0.4) is 0 Å². The minimum atomic E-state index is 0.143. The number of halogens is 1. The van der Waals surface area contributed by atoms with E-state index < -0.39 is 0 Å². The molecule has 0 saturated carbocycles. The standard InChI is InChI=1S/C21H32ClN/c1-16(7-6-8-17(2)15-22)9-11-19-12-10-18(3)20(13-14-23)21(19,4)5/h8-9,19H,6-7,10-13,15H2,1-5H3/b16-9+,17-8+/t19-/m0/s1. The second kappa shape index (κ2) is 9.33. The van der Waals surface area contributed by atoms with Crippen LogP contribution in [0.4, 0.5) is 0 Å². The molecule has 23 heavy (non-hydrogen) atoms. The van der Waals surface area contributed by atoms with Crippen LogP contribution in [0.1, 0.15) is 73.1 Å². The second-order valence-corrected chi connectivity index (χ2v) is 7.83. The Hall–Kier alpha value is -1.00. The van der Waals surface area contributed by atoms with Crippen molar-refractivity contribution in [2.75, 3.05) is 5.88 Å². The Kier molecular flexibility index (Phi) is 8.13. The van der Waals surface area contributed by atoms with Crippen LogP contribution >= 0.6 is 11.6 Å². The molecule has 0 heterocycles. The fourth-order valence-corrected chi connectivity index (χ4v) is 3.72. The third-order valence-corrected chi connectivity index (χ3v) is 5.85. The number of alkyl halides is 1. The zero-order valence-electron chi connectivity index (χ0n) is 15.5. The Morgan fingerprint density at radius 2 is 2.00 bits per heavy atom. The lowest BCUT2D eigenvalue weighted by molar-refractivity contribution is 0.227. The quantitative estimate of drug-likeness (QED) is 0.365. The van der Waals surface area contributed by atoms with Gasteiger partial charge in [-0.2, -0.15) is 5.26 Å². The van der Waals surface area contributed by atoms with Crippen molar-refractivity contribution >= 4 is 11.6 Å². The van der Waals surface area contributed by atoms with E-state index in [1.165, 1.54) is 28.7 Å². The van der Waals surface area contributed by atoms with E-state index in [0.29, 0.717) is 18.2 Å². The first-order valence-corrected chi connectivity index (χ1v) is 9.29. The van der Waals surface area contributed by atoms with E-state index in [4.69, 9.17) is 16.9 Å². The zero-order valence-corrected chi connectivity index (χ0v) is 16.3. The monoisotopic (exact) mass is 333 g/mol. The molecule has 0 radical (unpaired) electrons. The van der Waals surface area contributed by atoms with Crippen molar-refractivity contribution in [2.45, 2.75) is 73.1 Å². The number of nitrogens with zero attached hydrogens (tertiary/aromatic N) is 1. The molecule has 1 atom stereocenters. The Labute approximate surface area is 148 Å². The first kappa shape index (κ1) is 20.0. The molecule has 0 amide bonds. The summed E-state index contributed by atoms with van der Waals surface area (Å²) < 4.78 is 0. The van der Waals surface area contributed by atoms with Crippen molar-refractivity contribution in [3.8, 4) is 6.07 Å². The highest BCUT2D eigenvalue weighted by molar-refractivity contribution is 6.19. The van der Waals surface area contributed by atoms with Gasteiger partial charge in [0.2, 0.25) is 0 Å². The van der Waals surface area contributed by atoms with Crippen LogP contribution < -0.4 is 0 Å². The van der Waals surface area contributed by atoms with Crippen molar-refractivity contribution in [3.63, 3.8) is 0 Å². The molecular weight excluding hydrogens is 302 g/mol. The second-order valence-electron chi connectivity index (χ2n) is 7.56. The average Bonchev–Trinajstić information content (AvgIpc) is 2.50. The molecule has 0 aromatic rings. The Bertz CT molecular complexity index is 529. The Balaban J connectivity index is 2.67. The summed E-state index contributed by atoms with van der Waals surface area (Å²) in [6.07, 6.45) is 10.9. The normalized spacial score (nSPS) is 22.2. The van der Waals surface area contributed by atoms with Gasteiger partial charge in [-0.15, -0.1) is 11.6 Å². The van der Waals surface area contributed by atoms with Crippen molar-refractivity contribution < 1.29 is 0 Å². The number of allylic oxidation sites excluding steroid dienone is 6. The van der Waals surface area contributed by atoms with Gasteiger partial charge in [0.1, 0.15) is 0 Å². The van der Waals surface area contributed by atoms with Crippen molar-refractivity contribution in [3.05, 3.63) is 34.4 Å². The lowest BCUT2D eigenvalue weighted by Gasteiger charge is -2.41. The molecule has 0 aromatic carbocycles. The van der Waals surface area contributed by atoms with Crippen molar-refractivity contribution in [2.24, 2.45) is 11.3 Å². The summed E-state index contributed by atoms with van der Waals surface area (Å²) in [5, 5.41) is 9.12. The van der Waals surface area contributed by atoms with Gasteiger partial charge in [-0.1, -0.05) is 48.3 Å². The molecule has 0 bridgehead atoms. The summed E-state index contributed by atoms with van der Waals surface area (Å²) in [5.74, 6) is 1.27. The van der Waals surface area contributed by atoms with E-state index in [2.05, 4.69) is 52.8 Å². The lowest BCUT2D eigenvalue weighted by Crippen LogP contribution is -2.30. The van der Waals surface area contributed by atoms with Gasteiger partial charge in [-0.25, -0.2) is 0 Å². The minimum absolute atomic E-state index is 0.143. The third kappa shape index (κ3) is 5.85. The number of hydrogen-bond acceptors (Lipinski definition) is 1. The molecule has 0 aliphatic heterocycles. The molecule has 128 valence electrons. The predicted octanol–water partition coefficient (Wildman–Crippen LogP) is 6.95. The maximum atomic E-state index is 9.12. The molecule has 0 N–H and O–H groups in total. The van der Waals surface area contributed by atoms with Gasteiger partial charge in [-0.3, -0.25) is 0 Å². The zero-order chi connectivity index (χ0) is 17.5. The predicted molar refractivity (Wildman–Crippen MR) is 102 cm³/mol. The van der Waals surface area contributed by atoms with Gasteiger partial charge >= 0.3 is 0 Å². The topological polar surface area (TPSA) is 23.8 Å². The first-order valence-electron chi connectivity index (χ1n) is 8.76. The van der Waals surface area contributed by atoms with Crippen LogP contribution in [0.5, 0.6) is 0 Å². The van der Waals surface area contributed by atoms with Crippen LogP contribution in [0.25, 0.3) is 0 Å². The molecule has 1 aliphatic rings. The van der Waals surface area contributed by atoms with E-state index in [1.807, 2.05) is 0 Å². The van der Waals surface area contributed by atoms with Crippen LogP contribution in [0.2, 0.25) is 0 Å². The van der Waals surface area contributed by atoms with Crippen LogP contribution in [-0.2, 0) is 0 Å². The van der Waals surface area contributed by atoms with Crippen molar-refractivity contribution in [1.29, 1.82) is 5.26 Å². The molecule has 1 nitrogen and oxygen atoms in total. The largest absolute Gasteiger partial charge is 0.198 e. The molecule has 0 aromatic heterocycles. The van der Waals surface area contributed by atoms with Crippen LogP contribution in [0.15, 0.2) is 34.4 Å². The molecule has 0 spiro atoms. The Morgan fingerprint density at radius 3 is 2.61 bits per heavy atom. The fourth-order valence-electron chi connectivity index (χ4n) is 3.62. The average molecular weight is 334 g/mol. The smallest absolute Gasteiger partial charge is 0.0666 e. The van der Waals surface area contributed by atoms with Gasteiger partial charge in [-0.05, 0) is 64.2 Å². The molecule has 1 aliphatic carbocycles. The fraction of sp³-hybridized carbons (Fsp3) is 0.667. The number of nitriles is 1. The highest BCUT2D eigenvalue weighted by atomic mass is 35.5. The van der Waals surface area contributed by atoms with E-state index in [0.717, 1.165) is 25.7 Å². The number of rotatable bonds is 7. The summed E-state index contributed by atoms with van der Waals surface area (Å²) in [5.41, 5.74) is 5.68. The van der Waals surface area contributed by atoms with E-state index in [1.54, 1.807) is 0 Å². The van der Waals surface area contributed by atoms with E-state index in [-0.39, 0.29) is 5.41 Å². The highest BCUT2D eigenvalue weighted by Crippen LogP contribution is 2.47. The molecule has 0 saturated heterocycles. The lowest BCUT2D eigenvalue weighted by atomic mass is 9.63. The van der Waals surface area contributed by atoms with Crippen LogP contribution in [0, 0.1) is 22.7 Å². The van der Waals surface area contributed by atoms with Crippen LogP contribution in [-0.4, -0.2) is 5.88 Å². The van der Waals surface area contributed by atoms with E-state index in [9.17, 15) is 0 Å². The highest BCUT2D eigenvalue weighted by Gasteiger charge is 2.36. The maximum absolute atomic E-state index is 9.12. The molecule has 0 unspecified atom stereocenters. The summed E-state index contributed by atoms with van der Waals surface area (Å²) in [4.78, 5) is 0. The molecular formula is C21H32ClN. The van der Waals surface area contributed by atoms with Gasteiger partial charge in [0.15, 0.2) is 0 Å². The SMILES string of the molecule is CC1=C(CC#N)C(C)(C)[C@@H](C/C=C(\C)CC/C=C(\C)CCl)CC1. The van der Waals surface area contributed by atoms with Gasteiger partial charge in [0.05, 0.1) is 12.5 Å². The first-order chi connectivity index (χ1) is 10.8. The van der Waals surface area contributed by atoms with Gasteiger partial charge in [0.25, 0.3) is 0 Å². The summed E-state index contributed by atoms with van der Waals surface area (Å²) in [7, 11) is 0. The van der Waals surface area contributed by atoms with E-state index >= 15 is 0 Å². The molecule has 0 fully saturated rings. The number of hydrogen-bond donors (Lipinski definition) is 0. The minimum Gasteiger partial charge on any atom is -0.198 e. The third-order valence-electron chi connectivity index (χ3n) is 5.43. The molecule has 1 rings (SSSR count). The van der Waals surface area contributed by atoms with Gasteiger partial charge in [0, 0.05) is 5.88 Å². The summed E-state index contributed by atoms with van der Waals surface area (Å²) in [6, 6.07) is 2.36. The maximum Gasteiger partial charge on any atom is 0.0666 e. The Morgan fingerprint density at radius 1 is 1.30 bits per heavy atom. The summed E-state index contributed by atoms with van der Waals surface area (Å²) in [6.45, 7) is 11.2. The van der Waals surface area contributed by atoms with Gasteiger partial charge < -0.3 is 0 Å². The van der Waals surface area contributed by atoms with Crippen molar-refractivity contribution in [1.82, 2.24) is 0 Å². The summed E-state index contributed by atoms with van der Waals surface area (Å²) >= 11 is 5.80. The molecule has 2 heteroatoms.